The zero-order valence-corrected chi connectivity index (χ0v) is 16.9. The van der Waals surface area contributed by atoms with Crippen LogP contribution in [-0.4, -0.2) is 34.4 Å². The van der Waals surface area contributed by atoms with E-state index >= 15 is 0 Å². The Labute approximate surface area is 164 Å². The molecule has 1 amide bonds. The minimum atomic E-state index is -0.117. The lowest BCUT2D eigenvalue weighted by atomic mass is 10.1. The second kappa shape index (κ2) is 8.79. The Morgan fingerprint density at radius 3 is 2.69 bits per heavy atom. The van der Waals surface area contributed by atoms with Crippen molar-refractivity contribution in [2.24, 2.45) is 0 Å². The average Bonchev–Trinajstić information content (AvgIpc) is 3.26. The lowest BCUT2D eigenvalue weighted by molar-refractivity contribution is -0.119. The molecule has 138 valence electrons. The second-order valence-electron chi connectivity index (χ2n) is 5.77. The Hall–Kier alpha value is -1.71. The van der Waals surface area contributed by atoms with Gasteiger partial charge in [-0.05, 0) is 31.5 Å². The van der Waals surface area contributed by atoms with Crippen molar-refractivity contribution < 1.29 is 14.3 Å². The van der Waals surface area contributed by atoms with Gasteiger partial charge in [0, 0.05) is 5.75 Å². The number of benzene rings is 1. The Morgan fingerprint density at radius 1 is 1.27 bits per heavy atom. The fourth-order valence-corrected chi connectivity index (χ4v) is 4.85. The maximum absolute atomic E-state index is 12.2. The van der Waals surface area contributed by atoms with Gasteiger partial charge in [0.1, 0.15) is 0 Å². The van der Waals surface area contributed by atoms with Gasteiger partial charge in [0.05, 0.1) is 11.8 Å². The van der Waals surface area contributed by atoms with Crippen molar-refractivity contribution in [2.75, 3.05) is 18.3 Å². The molecule has 9 heteroatoms. The zero-order valence-electron chi connectivity index (χ0n) is 14.5. The highest BCUT2D eigenvalue weighted by atomic mass is 32.2. The Kier molecular flexibility index (Phi) is 6.44. The van der Waals surface area contributed by atoms with Crippen LogP contribution in [0.3, 0.4) is 0 Å². The van der Waals surface area contributed by atoms with Crippen molar-refractivity contribution >= 4 is 40.8 Å². The number of carbonyl (C=O) groups excluding carboxylic acids is 1. The van der Waals surface area contributed by atoms with Gasteiger partial charge < -0.3 is 14.8 Å². The van der Waals surface area contributed by atoms with Gasteiger partial charge in [0.15, 0.2) is 20.2 Å². The molecule has 1 N–H and O–H groups in total. The molecule has 0 saturated heterocycles. The fourth-order valence-electron chi connectivity index (χ4n) is 2.17. The summed E-state index contributed by atoms with van der Waals surface area (Å²) in [7, 11) is 0. The molecule has 1 aliphatic rings. The van der Waals surface area contributed by atoms with Crippen molar-refractivity contribution in [2.45, 2.75) is 28.6 Å². The second-order valence-corrected chi connectivity index (χ2v) is 9.19. The third-order valence-corrected chi connectivity index (χ3v) is 6.85. The van der Waals surface area contributed by atoms with Crippen LogP contribution in [0.25, 0.3) is 0 Å². The number of ether oxygens (including phenoxy) is 2. The van der Waals surface area contributed by atoms with E-state index < -0.39 is 0 Å². The first-order valence-electron chi connectivity index (χ1n) is 7.93. The molecule has 0 aliphatic carbocycles. The van der Waals surface area contributed by atoms with E-state index in [-0.39, 0.29) is 18.7 Å². The molecule has 0 radical (unpaired) electrons. The van der Waals surface area contributed by atoms with Crippen LogP contribution in [0.5, 0.6) is 11.5 Å². The number of amides is 1. The minimum Gasteiger partial charge on any atom is -0.454 e. The quantitative estimate of drug-likeness (QED) is 0.523. The molecule has 1 unspecified atom stereocenters. The summed E-state index contributed by atoms with van der Waals surface area (Å²) in [5.74, 6) is 2.53. The topological polar surface area (TPSA) is 73.3 Å². The largest absolute Gasteiger partial charge is 0.454 e. The lowest BCUT2D eigenvalue weighted by Crippen LogP contribution is -2.28. The number of fused-ring (bicyclic) bond motifs is 1. The lowest BCUT2D eigenvalue weighted by Gasteiger charge is -2.14. The Bertz CT molecular complexity index is 810. The fraction of sp³-hybridized carbons (Fsp3) is 0.353. The van der Waals surface area contributed by atoms with Crippen LogP contribution in [0.15, 0.2) is 39.0 Å². The standard InChI is InChI=1S/C17H19N3O3S3/c1-10(2)7-24-16-19-20-17(26-16)25-8-15(21)18-11(3)12-4-5-13-14(6-12)23-9-22-13/h4-6,11H,1,7-9H2,2-3H3,(H,18,21). The van der Waals surface area contributed by atoms with Crippen molar-refractivity contribution in [3.63, 3.8) is 0 Å². The van der Waals surface area contributed by atoms with E-state index in [1.165, 1.54) is 23.1 Å². The SMILES string of the molecule is C=C(C)CSc1nnc(SCC(=O)NC(C)c2ccc3c(c2)OCO3)s1. The number of hydrogen-bond donors (Lipinski definition) is 1. The number of hydrogen-bond acceptors (Lipinski definition) is 8. The molecule has 2 heterocycles. The highest BCUT2D eigenvalue weighted by Gasteiger charge is 2.17. The minimum absolute atomic E-state index is 0.0495. The maximum atomic E-state index is 12.2. The highest BCUT2D eigenvalue weighted by Crippen LogP contribution is 2.34. The number of carbonyl (C=O) groups is 1. The predicted octanol–water partition coefficient (Wildman–Crippen LogP) is 3.90. The van der Waals surface area contributed by atoms with Crippen molar-refractivity contribution in [3.05, 3.63) is 35.9 Å². The van der Waals surface area contributed by atoms with E-state index in [9.17, 15) is 4.79 Å². The Balaban J connectivity index is 1.47. The summed E-state index contributed by atoms with van der Waals surface area (Å²) < 4.78 is 12.4. The molecule has 2 aromatic rings. The third-order valence-electron chi connectivity index (χ3n) is 3.43. The average molecular weight is 410 g/mol. The number of nitrogens with one attached hydrogen (secondary N) is 1. The van der Waals surface area contributed by atoms with Gasteiger partial charge in [-0.15, -0.1) is 10.2 Å². The molecule has 0 bridgehead atoms. The Morgan fingerprint density at radius 2 is 1.96 bits per heavy atom. The molecule has 0 spiro atoms. The van der Waals surface area contributed by atoms with Crippen LogP contribution in [-0.2, 0) is 4.79 Å². The monoisotopic (exact) mass is 409 g/mol. The van der Waals surface area contributed by atoms with Gasteiger partial charge in [-0.1, -0.05) is 53.1 Å². The van der Waals surface area contributed by atoms with E-state index in [1.54, 1.807) is 11.8 Å². The molecule has 1 aromatic carbocycles. The summed E-state index contributed by atoms with van der Waals surface area (Å²) in [5, 5.41) is 11.2. The summed E-state index contributed by atoms with van der Waals surface area (Å²) in [6, 6.07) is 5.58. The number of thioether (sulfide) groups is 2. The maximum Gasteiger partial charge on any atom is 0.231 e. The van der Waals surface area contributed by atoms with Gasteiger partial charge in [-0.3, -0.25) is 4.79 Å². The van der Waals surface area contributed by atoms with Crippen molar-refractivity contribution in [3.8, 4) is 11.5 Å². The zero-order chi connectivity index (χ0) is 18.5. The molecule has 3 rings (SSSR count). The molecule has 6 nitrogen and oxygen atoms in total. The van der Waals surface area contributed by atoms with Crippen LogP contribution in [0.1, 0.15) is 25.5 Å². The number of rotatable bonds is 8. The van der Waals surface area contributed by atoms with Crippen molar-refractivity contribution in [1.82, 2.24) is 15.5 Å². The molecule has 1 aliphatic heterocycles. The summed E-state index contributed by atoms with van der Waals surface area (Å²) in [4.78, 5) is 12.2. The number of aromatic nitrogens is 2. The van der Waals surface area contributed by atoms with Crippen LogP contribution in [0.4, 0.5) is 0 Å². The molecule has 0 saturated carbocycles. The molecular weight excluding hydrogens is 390 g/mol. The third kappa shape index (κ3) is 5.15. The van der Waals surface area contributed by atoms with Crippen LogP contribution < -0.4 is 14.8 Å². The molecule has 0 fully saturated rings. The molecular formula is C17H19N3O3S3. The first kappa shape index (κ1) is 19.1. The van der Waals surface area contributed by atoms with Crippen molar-refractivity contribution in [1.29, 1.82) is 0 Å². The van der Waals surface area contributed by atoms with Gasteiger partial charge in [-0.25, -0.2) is 0 Å². The van der Waals surface area contributed by atoms with E-state index in [4.69, 9.17) is 9.47 Å². The van der Waals surface area contributed by atoms with Gasteiger partial charge in [0.25, 0.3) is 0 Å². The summed E-state index contributed by atoms with van der Waals surface area (Å²) in [6.07, 6.45) is 0. The predicted molar refractivity (Wildman–Crippen MR) is 105 cm³/mol. The van der Waals surface area contributed by atoms with E-state index in [0.717, 1.165) is 31.3 Å². The van der Waals surface area contributed by atoms with Crippen LogP contribution in [0.2, 0.25) is 0 Å². The first-order valence-corrected chi connectivity index (χ1v) is 10.7. The van der Waals surface area contributed by atoms with Gasteiger partial charge in [0.2, 0.25) is 12.7 Å². The van der Waals surface area contributed by atoms with E-state index in [2.05, 4.69) is 22.1 Å². The van der Waals surface area contributed by atoms with Crippen LogP contribution >= 0.6 is 34.9 Å². The molecule has 26 heavy (non-hydrogen) atoms. The first-order chi connectivity index (χ1) is 12.5. The summed E-state index contributed by atoms with van der Waals surface area (Å²) >= 11 is 4.50. The van der Waals surface area contributed by atoms with Crippen LogP contribution in [0, 0.1) is 0 Å². The smallest absolute Gasteiger partial charge is 0.231 e. The van der Waals surface area contributed by atoms with Gasteiger partial charge >= 0.3 is 0 Å². The molecule has 1 atom stereocenters. The van der Waals surface area contributed by atoms with E-state index in [0.29, 0.717) is 11.5 Å². The van der Waals surface area contributed by atoms with Gasteiger partial charge in [-0.2, -0.15) is 0 Å². The molecule has 1 aromatic heterocycles. The summed E-state index contributed by atoms with van der Waals surface area (Å²) in [6.45, 7) is 8.03. The van der Waals surface area contributed by atoms with E-state index in [1.807, 2.05) is 32.0 Å². The summed E-state index contributed by atoms with van der Waals surface area (Å²) in [5.41, 5.74) is 2.07. The highest BCUT2D eigenvalue weighted by molar-refractivity contribution is 8.03. The normalized spacial score (nSPS) is 13.5. The number of nitrogens with zero attached hydrogens (tertiary/aromatic N) is 2.